The Bertz CT molecular complexity index is 258. The highest BCUT2D eigenvalue weighted by atomic mass is 32.2. The Morgan fingerprint density at radius 3 is 2.84 bits per heavy atom. The quantitative estimate of drug-likeness (QED) is 0.405. The number of guanidine groups is 1. The number of nitrogens with one attached hydrogen (secondary N) is 2. The zero-order chi connectivity index (χ0) is 13.9. The molecule has 1 aliphatic heterocycles. The number of rotatable bonds is 8. The van der Waals surface area contributed by atoms with Gasteiger partial charge < -0.3 is 15.5 Å². The molecule has 19 heavy (non-hydrogen) atoms. The topological polar surface area (TPSA) is 39.7 Å². The van der Waals surface area contributed by atoms with Crippen molar-refractivity contribution < 1.29 is 0 Å². The zero-order valence-electron chi connectivity index (χ0n) is 12.7. The van der Waals surface area contributed by atoms with Crippen LogP contribution in [0.4, 0.5) is 0 Å². The van der Waals surface area contributed by atoms with Crippen LogP contribution < -0.4 is 10.6 Å². The lowest BCUT2D eigenvalue weighted by molar-refractivity contribution is 0.317. The highest BCUT2D eigenvalue weighted by Gasteiger charge is 2.20. The summed E-state index contributed by atoms with van der Waals surface area (Å²) >= 11 is 1.92. The first-order valence-electron chi connectivity index (χ1n) is 7.49. The standard InChI is InChI=1S/C14H30N4S/c1-4-15-14(16-9-5-6-11-19-3)17-12-13-8-7-10-18(13)2/h13H,4-12H2,1-3H3,(H2,15,16,17). The highest BCUT2D eigenvalue weighted by molar-refractivity contribution is 7.98. The lowest BCUT2D eigenvalue weighted by Crippen LogP contribution is -2.39. The average Bonchev–Trinajstić information content (AvgIpc) is 2.81. The number of likely N-dealkylation sites (tertiary alicyclic amines) is 1. The summed E-state index contributed by atoms with van der Waals surface area (Å²) in [4.78, 5) is 7.13. The molecule has 0 radical (unpaired) electrons. The van der Waals surface area contributed by atoms with Crippen molar-refractivity contribution >= 4 is 17.7 Å². The fraction of sp³-hybridized carbons (Fsp3) is 0.929. The van der Waals surface area contributed by atoms with E-state index in [1.165, 1.54) is 38.0 Å². The van der Waals surface area contributed by atoms with Gasteiger partial charge in [-0.2, -0.15) is 11.8 Å². The Balaban J connectivity index is 2.25. The monoisotopic (exact) mass is 286 g/mol. The zero-order valence-corrected chi connectivity index (χ0v) is 13.6. The molecule has 1 rings (SSSR count). The molecule has 112 valence electrons. The predicted octanol–water partition coefficient (Wildman–Crippen LogP) is 1.78. The van der Waals surface area contributed by atoms with Crippen LogP contribution in [0.15, 0.2) is 4.99 Å². The van der Waals surface area contributed by atoms with E-state index in [0.29, 0.717) is 6.04 Å². The van der Waals surface area contributed by atoms with Crippen LogP contribution in [0.1, 0.15) is 32.6 Å². The van der Waals surface area contributed by atoms with Crippen molar-refractivity contribution in [1.82, 2.24) is 15.5 Å². The van der Waals surface area contributed by atoms with Crippen LogP contribution in [-0.4, -0.2) is 62.1 Å². The Kier molecular flexibility index (Phi) is 9.08. The van der Waals surface area contributed by atoms with E-state index < -0.39 is 0 Å². The summed E-state index contributed by atoms with van der Waals surface area (Å²) in [6, 6.07) is 0.631. The summed E-state index contributed by atoms with van der Waals surface area (Å²) in [6.07, 6.45) is 7.26. The second-order valence-electron chi connectivity index (χ2n) is 5.12. The third kappa shape index (κ3) is 7.06. The first kappa shape index (κ1) is 16.6. The van der Waals surface area contributed by atoms with Gasteiger partial charge in [-0.05, 0) is 58.2 Å². The van der Waals surface area contributed by atoms with Crippen molar-refractivity contribution in [3.8, 4) is 0 Å². The maximum absolute atomic E-state index is 4.71. The molecule has 0 aromatic carbocycles. The number of likely N-dealkylation sites (N-methyl/N-ethyl adjacent to an activating group) is 1. The molecule has 2 N–H and O–H groups in total. The molecule has 0 aromatic heterocycles. The molecule has 0 saturated carbocycles. The van der Waals surface area contributed by atoms with Gasteiger partial charge in [0.2, 0.25) is 0 Å². The minimum Gasteiger partial charge on any atom is -0.357 e. The van der Waals surface area contributed by atoms with Crippen LogP contribution in [-0.2, 0) is 0 Å². The number of hydrogen-bond acceptors (Lipinski definition) is 3. The van der Waals surface area contributed by atoms with Crippen molar-refractivity contribution in [2.75, 3.05) is 45.2 Å². The third-order valence-corrected chi connectivity index (χ3v) is 4.24. The Labute approximate surface area is 122 Å². The summed E-state index contributed by atoms with van der Waals surface area (Å²) in [5.74, 6) is 2.23. The van der Waals surface area contributed by atoms with Crippen LogP contribution in [0.25, 0.3) is 0 Å². The van der Waals surface area contributed by atoms with Gasteiger partial charge in [-0.25, -0.2) is 0 Å². The smallest absolute Gasteiger partial charge is 0.191 e. The molecule has 1 atom stereocenters. The van der Waals surface area contributed by atoms with Crippen LogP contribution in [0.2, 0.25) is 0 Å². The second-order valence-corrected chi connectivity index (χ2v) is 6.11. The van der Waals surface area contributed by atoms with E-state index in [1.807, 2.05) is 11.8 Å². The summed E-state index contributed by atoms with van der Waals surface area (Å²) in [5.41, 5.74) is 0. The lowest BCUT2D eigenvalue weighted by Gasteiger charge is -2.18. The van der Waals surface area contributed by atoms with Gasteiger partial charge >= 0.3 is 0 Å². The van der Waals surface area contributed by atoms with E-state index >= 15 is 0 Å². The molecule has 0 bridgehead atoms. The molecule has 0 aromatic rings. The minimum atomic E-state index is 0.631. The molecular weight excluding hydrogens is 256 g/mol. The summed E-state index contributed by atoms with van der Waals surface area (Å²) in [7, 11) is 2.20. The molecule has 1 saturated heterocycles. The molecule has 1 heterocycles. The first-order valence-corrected chi connectivity index (χ1v) is 8.88. The van der Waals surface area contributed by atoms with Gasteiger partial charge in [0, 0.05) is 19.1 Å². The summed E-state index contributed by atoms with van der Waals surface area (Å²) < 4.78 is 0. The van der Waals surface area contributed by atoms with Gasteiger partial charge in [0.05, 0.1) is 6.54 Å². The van der Waals surface area contributed by atoms with Crippen LogP contribution in [0, 0.1) is 0 Å². The van der Waals surface area contributed by atoms with Crippen molar-refractivity contribution in [3.05, 3.63) is 0 Å². The predicted molar refractivity (Wildman–Crippen MR) is 87.2 cm³/mol. The molecule has 1 aliphatic rings. The van der Waals surface area contributed by atoms with Crippen LogP contribution in [0.5, 0.6) is 0 Å². The van der Waals surface area contributed by atoms with Gasteiger partial charge in [0.1, 0.15) is 0 Å². The largest absolute Gasteiger partial charge is 0.357 e. The van der Waals surface area contributed by atoms with E-state index in [4.69, 9.17) is 4.99 Å². The molecule has 5 heteroatoms. The average molecular weight is 286 g/mol. The Morgan fingerprint density at radius 1 is 1.37 bits per heavy atom. The summed E-state index contributed by atoms with van der Waals surface area (Å²) in [6.45, 7) is 6.20. The molecule has 0 amide bonds. The highest BCUT2D eigenvalue weighted by Crippen LogP contribution is 2.14. The van der Waals surface area contributed by atoms with Crippen molar-refractivity contribution in [3.63, 3.8) is 0 Å². The number of nitrogens with zero attached hydrogens (tertiary/aromatic N) is 2. The molecule has 4 nitrogen and oxygen atoms in total. The SMILES string of the molecule is CCNC(=NCC1CCCN1C)NCCCCSC. The van der Waals surface area contributed by atoms with E-state index in [-0.39, 0.29) is 0 Å². The number of thioether (sulfide) groups is 1. The molecular formula is C14H30N4S. The third-order valence-electron chi connectivity index (χ3n) is 3.54. The Morgan fingerprint density at radius 2 is 2.21 bits per heavy atom. The second kappa shape index (κ2) is 10.4. The minimum absolute atomic E-state index is 0.631. The van der Waals surface area contributed by atoms with Crippen molar-refractivity contribution in [2.45, 2.75) is 38.6 Å². The molecule has 1 unspecified atom stereocenters. The van der Waals surface area contributed by atoms with E-state index in [2.05, 4.69) is 35.8 Å². The Hall–Kier alpha value is -0.420. The number of aliphatic imine (C=N–C) groups is 1. The van der Waals surface area contributed by atoms with Crippen LogP contribution >= 0.6 is 11.8 Å². The van der Waals surface area contributed by atoms with E-state index in [0.717, 1.165) is 25.6 Å². The van der Waals surface area contributed by atoms with E-state index in [1.54, 1.807) is 0 Å². The van der Waals surface area contributed by atoms with Gasteiger partial charge in [-0.3, -0.25) is 4.99 Å². The summed E-state index contributed by atoms with van der Waals surface area (Å²) in [5, 5.41) is 6.76. The fourth-order valence-electron chi connectivity index (χ4n) is 2.33. The first-order chi connectivity index (χ1) is 9.27. The van der Waals surface area contributed by atoms with Gasteiger partial charge in [0.25, 0.3) is 0 Å². The van der Waals surface area contributed by atoms with Crippen molar-refractivity contribution in [2.24, 2.45) is 4.99 Å². The fourth-order valence-corrected chi connectivity index (χ4v) is 2.82. The number of hydrogen-bond donors (Lipinski definition) is 2. The van der Waals surface area contributed by atoms with Crippen LogP contribution in [0.3, 0.4) is 0 Å². The van der Waals surface area contributed by atoms with Crippen molar-refractivity contribution in [1.29, 1.82) is 0 Å². The maximum Gasteiger partial charge on any atom is 0.191 e. The number of unbranched alkanes of at least 4 members (excludes halogenated alkanes) is 1. The maximum atomic E-state index is 4.71. The molecule has 0 spiro atoms. The van der Waals surface area contributed by atoms with E-state index in [9.17, 15) is 0 Å². The normalized spacial score (nSPS) is 20.8. The molecule has 0 aliphatic carbocycles. The van der Waals surface area contributed by atoms with Gasteiger partial charge in [-0.15, -0.1) is 0 Å². The van der Waals surface area contributed by atoms with Gasteiger partial charge in [0.15, 0.2) is 5.96 Å². The molecule has 1 fully saturated rings. The van der Waals surface area contributed by atoms with Gasteiger partial charge in [-0.1, -0.05) is 0 Å². The lowest BCUT2D eigenvalue weighted by atomic mass is 10.2.